The SMILES string of the molecule is Cc1cnc(-c2[c-]ccc3c2oc2ccccc23)cc1C(C)C.[Ir].[c-]1ccccc1-c1ccccn1. The number of pyridine rings is 2. The molecule has 0 atom stereocenters. The molecule has 6 aromatic rings. The monoisotopic (exact) mass is 647 g/mol. The van der Waals surface area contributed by atoms with Gasteiger partial charge in [0, 0.05) is 37.9 Å². The predicted octanol–water partition coefficient (Wildman–Crippen LogP) is 8.43. The minimum atomic E-state index is 0. The van der Waals surface area contributed by atoms with Crippen LogP contribution in [0.15, 0.2) is 102 Å². The molecule has 181 valence electrons. The van der Waals surface area contributed by atoms with E-state index in [-0.39, 0.29) is 20.1 Å². The molecule has 0 unspecified atom stereocenters. The van der Waals surface area contributed by atoms with Gasteiger partial charge in [-0.15, -0.1) is 54.1 Å². The van der Waals surface area contributed by atoms with Crippen molar-refractivity contribution in [3.05, 3.63) is 121 Å². The van der Waals surface area contributed by atoms with Crippen molar-refractivity contribution in [3.8, 4) is 22.5 Å². The molecule has 0 bridgehead atoms. The first-order chi connectivity index (χ1) is 17.1. The molecule has 0 aliphatic heterocycles. The molecule has 1 radical (unpaired) electrons. The fourth-order valence-electron chi connectivity index (χ4n) is 4.25. The Labute approximate surface area is 225 Å². The number of aryl methyl sites for hydroxylation is 1. The van der Waals surface area contributed by atoms with Gasteiger partial charge in [-0.3, -0.25) is 0 Å². The Morgan fingerprint density at radius 2 is 1.58 bits per heavy atom. The van der Waals surface area contributed by atoms with Gasteiger partial charge in [0.2, 0.25) is 0 Å². The van der Waals surface area contributed by atoms with Crippen molar-refractivity contribution in [1.29, 1.82) is 0 Å². The third kappa shape index (κ3) is 5.31. The minimum Gasteiger partial charge on any atom is -0.501 e. The van der Waals surface area contributed by atoms with Crippen LogP contribution in [0.2, 0.25) is 0 Å². The molecule has 0 N–H and O–H groups in total. The summed E-state index contributed by atoms with van der Waals surface area (Å²) >= 11 is 0. The first kappa shape index (κ1) is 25.5. The second-order valence-corrected chi connectivity index (χ2v) is 8.77. The zero-order chi connectivity index (χ0) is 24.2. The number of nitrogens with zero attached hydrogens (tertiary/aromatic N) is 2. The van der Waals surface area contributed by atoms with Gasteiger partial charge in [-0.1, -0.05) is 61.2 Å². The van der Waals surface area contributed by atoms with Crippen LogP contribution in [-0.4, -0.2) is 9.97 Å². The summed E-state index contributed by atoms with van der Waals surface area (Å²) < 4.78 is 6.10. The normalized spacial score (nSPS) is 10.7. The van der Waals surface area contributed by atoms with E-state index in [1.54, 1.807) is 6.20 Å². The van der Waals surface area contributed by atoms with Gasteiger partial charge in [0.05, 0.1) is 5.58 Å². The van der Waals surface area contributed by atoms with Crippen LogP contribution in [0.4, 0.5) is 0 Å². The van der Waals surface area contributed by atoms with Crippen LogP contribution in [0.1, 0.15) is 30.9 Å². The van der Waals surface area contributed by atoms with E-state index in [4.69, 9.17) is 4.42 Å². The van der Waals surface area contributed by atoms with Crippen molar-refractivity contribution in [2.45, 2.75) is 26.7 Å². The topological polar surface area (TPSA) is 38.9 Å². The third-order valence-electron chi connectivity index (χ3n) is 6.01. The molecule has 36 heavy (non-hydrogen) atoms. The zero-order valence-electron chi connectivity index (χ0n) is 20.5. The molecule has 6 rings (SSSR count). The summed E-state index contributed by atoms with van der Waals surface area (Å²) in [5, 5.41) is 2.25. The molecule has 0 aliphatic rings. The zero-order valence-corrected chi connectivity index (χ0v) is 22.8. The Bertz CT molecular complexity index is 1540. The van der Waals surface area contributed by atoms with Crippen molar-refractivity contribution in [3.63, 3.8) is 0 Å². The maximum Gasteiger partial charge on any atom is 0.120 e. The van der Waals surface area contributed by atoms with Gasteiger partial charge >= 0.3 is 0 Å². The molecule has 0 saturated carbocycles. The molecular formula is C32H26IrN2O-2. The summed E-state index contributed by atoms with van der Waals surface area (Å²) in [6, 6.07) is 34.4. The number of benzene rings is 3. The first-order valence-electron chi connectivity index (χ1n) is 11.8. The van der Waals surface area contributed by atoms with Gasteiger partial charge in [0.1, 0.15) is 5.58 Å². The Morgan fingerprint density at radius 1 is 0.778 bits per heavy atom. The van der Waals surface area contributed by atoms with Crippen LogP contribution in [0.3, 0.4) is 0 Å². The summed E-state index contributed by atoms with van der Waals surface area (Å²) in [5.41, 5.74) is 8.16. The summed E-state index contributed by atoms with van der Waals surface area (Å²) in [7, 11) is 0. The van der Waals surface area contributed by atoms with Crippen LogP contribution < -0.4 is 0 Å². The van der Waals surface area contributed by atoms with E-state index in [2.05, 4.69) is 61.1 Å². The second kappa shape index (κ2) is 11.4. The van der Waals surface area contributed by atoms with Crippen molar-refractivity contribution in [1.82, 2.24) is 9.97 Å². The summed E-state index contributed by atoms with van der Waals surface area (Å²) in [4.78, 5) is 8.84. The summed E-state index contributed by atoms with van der Waals surface area (Å²) in [6.07, 6.45) is 3.73. The average molecular weight is 647 g/mol. The Balaban J connectivity index is 0.000000198. The summed E-state index contributed by atoms with van der Waals surface area (Å²) in [6.45, 7) is 6.52. The van der Waals surface area contributed by atoms with Gasteiger partial charge in [-0.05, 0) is 47.5 Å². The van der Waals surface area contributed by atoms with E-state index < -0.39 is 0 Å². The molecule has 0 fully saturated rings. The van der Waals surface area contributed by atoms with Crippen LogP contribution in [0.25, 0.3) is 44.5 Å². The molecule has 3 heterocycles. The molecule has 3 aromatic carbocycles. The predicted molar refractivity (Wildman–Crippen MR) is 143 cm³/mol. The second-order valence-electron chi connectivity index (χ2n) is 8.77. The fraction of sp³-hybridized carbons (Fsp3) is 0.125. The first-order valence-corrected chi connectivity index (χ1v) is 11.8. The van der Waals surface area contributed by atoms with Gasteiger partial charge in [0.15, 0.2) is 0 Å². The minimum absolute atomic E-state index is 0. The molecule has 0 spiro atoms. The van der Waals surface area contributed by atoms with Crippen molar-refractivity contribution in [2.24, 2.45) is 0 Å². The van der Waals surface area contributed by atoms with Gasteiger partial charge < -0.3 is 14.4 Å². The number of rotatable bonds is 3. The van der Waals surface area contributed by atoms with E-state index in [0.717, 1.165) is 44.5 Å². The molecule has 0 aliphatic carbocycles. The van der Waals surface area contributed by atoms with Crippen molar-refractivity contribution >= 4 is 21.9 Å². The molecule has 3 nitrogen and oxygen atoms in total. The van der Waals surface area contributed by atoms with E-state index in [1.165, 1.54) is 11.1 Å². The number of hydrogen-bond donors (Lipinski definition) is 0. The molecular weight excluding hydrogens is 621 g/mol. The summed E-state index contributed by atoms with van der Waals surface area (Å²) in [5.74, 6) is 0.464. The van der Waals surface area contributed by atoms with Crippen LogP contribution in [-0.2, 0) is 20.1 Å². The molecule has 0 saturated heterocycles. The standard InChI is InChI=1S/C21H18NO.C11H8N.Ir/c1-13(2)18-11-19(22-12-14(18)3)17-9-6-8-16-15-7-4-5-10-20(15)23-21(16)17;1-2-6-10(7-3-1)11-8-4-5-9-12-11;/h4-8,10-13H,1-3H3;1-6,8-9H;/q2*-1;. The molecule has 3 aromatic heterocycles. The quantitative estimate of drug-likeness (QED) is 0.181. The van der Waals surface area contributed by atoms with Crippen molar-refractivity contribution in [2.75, 3.05) is 0 Å². The Kier molecular flexibility index (Phi) is 8.10. The maximum atomic E-state index is 6.10. The van der Waals surface area contributed by atoms with E-state index in [9.17, 15) is 0 Å². The Hall–Kier alpha value is -3.59. The molecule has 0 amide bonds. The van der Waals surface area contributed by atoms with Gasteiger partial charge in [-0.2, -0.15) is 0 Å². The van der Waals surface area contributed by atoms with Gasteiger partial charge in [0.25, 0.3) is 0 Å². The largest absolute Gasteiger partial charge is 0.501 e. The smallest absolute Gasteiger partial charge is 0.120 e. The average Bonchev–Trinajstić information content (AvgIpc) is 3.29. The van der Waals surface area contributed by atoms with E-state index in [1.807, 2.05) is 72.9 Å². The number of furan rings is 1. The number of hydrogen-bond acceptors (Lipinski definition) is 3. The van der Waals surface area contributed by atoms with E-state index in [0.29, 0.717) is 5.92 Å². The number of para-hydroxylation sites is 1. The van der Waals surface area contributed by atoms with E-state index >= 15 is 0 Å². The Morgan fingerprint density at radius 3 is 2.33 bits per heavy atom. The van der Waals surface area contributed by atoms with Crippen LogP contribution >= 0.6 is 0 Å². The fourth-order valence-corrected chi connectivity index (χ4v) is 4.25. The number of fused-ring (bicyclic) bond motifs is 3. The van der Waals surface area contributed by atoms with Crippen molar-refractivity contribution < 1.29 is 24.5 Å². The third-order valence-corrected chi connectivity index (χ3v) is 6.01. The van der Waals surface area contributed by atoms with Crippen LogP contribution in [0.5, 0.6) is 0 Å². The molecule has 4 heteroatoms. The van der Waals surface area contributed by atoms with Crippen LogP contribution in [0, 0.1) is 19.1 Å². The number of aromatic nitrogens is 2. The van der Waals surface area contributed by atoms with Gasteiger partial charge in [-0.25, -0.2) is 0 Å². The maximum absolute atomic E-state index is 6.10.